The number of hydrogen-bond acceptors (Lipinski definition) is 4. The highest BCUT2D eigenvalue weighted by molar-refractivity contribution is 5.79. The summed E-state index contributed by atoms with van der Waals surface area (Å²) in [6, 6.07) is 5.21. The zero-order valence-corrected chi connectivity index (χ0v) is 18.2. The van der Waals surface area contributed by atoms with Crippen molar-refractivity contribution in [1.82, 2.24) is 15.5 Å². The van der Waals surface area contributed by atoms with Crippen LogP contribution in [0, 0.1) is 6.92 Å². The molecule has 0 saturated carbocycles. The van der Waals surface area contributed by atoms with E-state index < -0.39 is 12.8 Å². The van der Waals surface area contributed by atoms with Gasteiger partial charge in [-0.1, -0.05) is 12.1 Å². The molecule has 30 heavy (non-hydrogen) atoms. The average molecular weight is 431 g/mol. The predicted molar refractivity (Wildman–Crippen MR) is 112 cm³/mol. The second kappa shape index (κ2) is 10.9. The molecule has 0 spiro atoms. The van der Waals surface area contributed by atoms with Crippen LogP contribution in [-0.2, 0) is 11.3 Å². The molecule has 1 aliphatic rings. The van der Waals surface area contributed by atoms with Crippen molar-refractivity contribution in [2.75, 3.05) is 46.0 Å². The largest absolute Gasteiger partial charge is 0.484 e. The first kappa shape index (κ1) is 24.3. The van der Waals surface area contributed by atoms with Crippen LogP contribution in [0.15, 0.2) is 23.2 Å². The van der Waals surface area contributed by atoms with Crippen LogP contribution in [0.25, 0.3) is 0 Å². The topological polar surface area (TPSA) is 58.1 Å². The molecule has 1 aliphatic heterocycles. The van der Waals surface area contributed by atoms with Crippen molar-refractivity contribution in [1.29, 1.82) is 0 Å². The molecule has 9 heteroatoms. The monoisotopic (exact) mass is 430 g/mol. The molecule has 1 aromatic rings. The number of morpholine rings is 1. The van der Waals surface area contributed by atoms with Crippen molar-refractivity contribution in [2.45, 2.75) is 46.0 Å². The van der Waals surface area contributed by atoms with Gasteiger partial charge in [0, 0.05) is 37.3 Å². The van der Waals surface area contributed by atoms with Crippen LogP contribution in [-0.4, -0.2) is 68.6 Å². The Labute approximate surface area is 176 Å². The number of aryl methyl sites for hydroxylation is 1. The van der Waals surface area contributed by atoms with E-state index in [4.69, 9.17) is 9.47 Å². The van der Waals surface area contributed by atoms with Crippen molar-refractivity contribution >= 4 is 5.96 Å². The van der Waals surface area contributed by atoms with Gasteiger partial charge in [-0.15, -0.1) is 0 Å². The molecule has 0 aliphatic carbocycles. The van der Waals surface area contributed by atoms with Gasteiger partial charge in [-0.3, -0.25) is 4.90 Å². The lowest BCUT2D eigenvalue weighted by molar-refractivity contribution is -0.153. The van der Waals surface area contributed by atoms with E-state index in [2.05, 4.69) is 34.4 Å². The van der Waals surface area contributed by atoms with E-state index in [1.807, 2.05) is 19.9 Å². The summed E-state index contributed by atoms with van der Waals surface area (Å²) < 4.78 is 48.1. The number of nitrogens with zero attached hydrogens (tertiary/aromatic N) is 2. The standard InChI is InChI=1S/C21H33F3N4O2/c1-5-25-19(27-14-20(3,4)28-8-10-29-11-9-28)26-13-17-7-6-16(2)12-18(17)30-15-21(22,23)24/h6-7,12H,5,8-11,13-15H2,1-4H3,(H2,25,26,27). The van der Waals surface area contributed by atoms with Crippen LogP contribution < -0.4 is 15.4 Å². The van der Waals surface area contributed by atoms with Gasteiger partial charge >= 0.3 is 6.18 Å². The van der Waals surface area contributed by atoms with E-state index in [-0.39, 0.29) is 17.8 Å². The fraction of sp³-hybridized carbons (Fsp3) is 0.667. The molecule has 1 aromatic carbocycles. The Kier molecular flexibility index (Phi) is 8.78. The second-order valence-electron chi connectivity index (χ2n) is 7.98. The summed E-state index contributed by atoms with van der Waals surface area (Å²) in [6.45, 7) is 11.6. The van der Waals surface area contributed by atoms with Gasteiger partial charge in [0.1, 0.15) is 5.75 Å². The third-order valence-corrected chi connectivity index (χ3v) is 4.92. The Hall–Kier alpha value is -2.00. The van der Waals surface area contributed by atoms with Crippen LogP contribution in [0.3, 0.4) is 0 Å². The van der Waals surface area contributed by atoms with E-state index in [1.54, 1.807) is 12.1 Å². The van der Waals surface area contributed by atoms with Crippen LogP contribution in [0.4, 0.5) is 13.2 Å². The van der Waals surface area contributed by atoms with Crippen molar-refractivity contribution in [3.05, 3.63) is 29.3 Å². The number of benzene rings is 1. The first-order valence-corrected chi connectivity index (χ1v) is 10.2. The number of hydrogen-bond donors (Lipinski definition) is 2. The fourth-order valence-corrected chi connectivity index (χ4v) is 3.17. The third kappa shape index (κ3) is 8.02. The fourth-order valence-electron chi connectivity index (χ4n) is 3.17. The Morgan fingerprint density at radius 1 is 1.20 bits per heavy atom. The molecule has 0 atom stereocenters. The second-order valence-corrected chi connectivity index (χ2v) is 7.98. The summed E-state index contributed by atoms with van der Waals surface area (Å²) >= 11 is 0. The van der Waals surface area contributed by atoms with Crippen molar-refractivity contribution in [2.24, 2.45) is 4.99 Å². The number of halogens is 3. The van der Waals surface area contributed by atoms with Gasteiger partial charge in [0.05, 0.1) is 19.8 Å². The lowest BCUT2D eigenvalue weighted by Crippen LogP contribution is -2.56. The van der Waals surface area contributed by atoms with Gasteiger partial charge in [0.15, 0.2) is 12.6 Å². The number of alkyl halides is 3. The van der Waals surface area contributed by atoms with Gasteiger partial charge in [-0.05, 0) is 39.3 Å². The van der Waals surface area contributed by atoms with E-state index in [1.165, 1.54) is 0 Å². The summed E-state index contributed by atoms with van der Waals surface area (Å²) in [4.78, 5) is 6.93. The maximum absolute atomic E-state index is 12.6. The van der Waals surface area contributed by atoms with Gasteiger partial charge in [0.25, 0.3) is 0 Å². The van der Waals surface area contributed by atoms with Gasteiger partial charge in [-0.2, -0.15) is 13.2 Å². The minimum atomic E-state index is -4.38. The summed E-state index contributed by atoms with van der Waals surface area (Å²) in [6.07, 6.45) is -4.38. The lowest BCUT2D eigenvalue weighted by Gasteiger charge is -2.41. The highest BCUT2D eigenvalue weighted by Gasteiger charge is 2.29. The molecule has 0 bridgehead atoms. The Morgan fingerprint density at radius 3 is 2.53 bits per heavy atom. The molecular weight excluding hydrogens is 397 g/mol. The molecule has 0 unspecified atom stereocenters. The first-order chi connectivity index (χ1) is 14.1. The highest BCUT2D eigenvalue weighted by atomic mass is 19.4. The minimum absolute atomic E-state index is 0.0925. The van der Waals surface area contributed by atoms with Crippen LogP contribution in [0.2, 0.25) is 0 Å². The average Bonchev–Trinajstić information content (AvgIpc) is 2.69. The van der Waals surface area contributed by atoms with E-state index >= 15 is 0 Å². The van der Waals surface area contributed by atoms with Crippen molar-refractivity contribution < 1.29 is 22.6 Å². The molecule has 6 nitrogen and oxygen atoms in total. The van der Waals surface area contributed by atoms with Crippen LogP contribution >= 0.6 is 0 Å². The van der Waals surface area contributed by atoms with E-state index in [9.17, 15) is 13.2 Å². The minimum Gasteiger partial charge on any atom is -0.484 e. The summed E-state index contributed by atoms with van der Waals surface area (Å²) in [5.41, 5.74) is 1.34. The molecule has 170 valence electrons. The van der Waals surface area contributed by atoms with Crippen LogP contribution in [0.5, 0.6) is 5.75 Å². The lowest BCUT2D eigenvalue weighted by atomic mass is 10.0. The number of ether oxygens (including phenoxy) is 2. The summed E-state index contributed by atoms with van der Waals surface area (Å²) in [7, 11) is 0. The number of guanidine groups is 1. The Balaban J connectivity index is 2.04. The molecular formula is C21H33F3N4O2. The zero-order valence-electron chi connectivity index (χ0n) is 18.2. The number of rotatable bonds is 8. The molecule has 1 fully saturated rings. The van der Waals surface area contributed by atoms with Gasteiger partial charge in [0.2, 0.25) is 0 Å². The highest BCUT2D eigenvalue weighted by Crippen LogP contribution is 2.24. The third-order valence-electron chi connectivity index (χ3n) is 4.92. The maximum atomic E-state index is 12.6. The van der Waals surface area contributed by atoms with Gasteiger partial charge < -0.3 is 20.1 Å². The molecule has 1 saturated heterocycles. The van der Waals surface area contributed by atoms with E-state index in [0.29, 0.717) is 24.6 Å². The summed E-state index contributed by atoms with van der Waals surface area (Å²) in [5, 5.41) is 6.54. The molecule has 2 rings (SSSR count). The predicted octanol–water partition coefficient (Wildman–Crippen LogP) is 3.10. The smallest absolute Gasteiger partial charge is 0.422 e. The van der Waals surface area contributed by atoms with Crippen LogP contribution in [0.1, 0.15) is 31.9 Å². The Morgan fingerprint density at radius 2 is 1.90 bits per heavy atom. The van der Waals surface area contributed by atoms with Crippen molar-refractivity contribution in [3.63, 3.8) is 0 Å². The molecule has 2 N–H and O–H groups in total. The molecule has 0 aromatic heterocycles. The zero-order chi connectivity index (χ0) is 22.2. The summed E-state index contributed by atoms with van der Waals surface area (Å²) in [5.74, 6) is 0.821. The molecule has 0 amide bonds. The number of nitrogens with one attached hydrogen (secondary N) is 2. The SMILES string of the molecule is CCNC(=NCc1ccc(C)cc1OCC(F)(F)F)NCC(C)(C)N1CCOCC1. The molecule has 1 heterocycles. The first-order valence-electron chi connectivity index (χ1n) is 10.2. The Bertz CT molecular complexity index is 702. The maximum Gasteiger partial charge on any atom is 0.422 e. The normalized spacial score (nSPS) is 16.4. The van der Waals surface area contributed by atoms with Gasteiger partial charge in [-0.25, -0.2) is 4.99 Å². The number of aliphatic imine (C=N–C) groups is 1. The van der Waals surface area contributed by atoms with Crippen molar-refractivity contribution in [3.8, 4) is 5.75 Å². The molecule has 0 radical (unpaired) electrons. The quantitative estimate of drug-likeness (QED) is 0.490. The van der Waals surface area contributed by atoms with E-state index in [0.717, 1.165) is 31.9 Å².